The average molecular weight is 321 g/mol. The molecular weight excluding hydrogens is 298 g/mol. The van der Waals surface area contributed by atoms with Crippen LogP contribution in [0, 0.1) is 0 Å². The van der Waals surface area contributed by atoms with Crippen molar-refractivity contribution in [3.63, 3.8) is 0 Å². The summed E-state index contributed by atoms with van der Waals surface area (Å²) in [5.74, 6) is 0.126. The zero-order valence-corrected chi connectivity index (χ0v) is 13.9. The van der Waals surface area contributed by atoms with Gasteiger partial charge in [-0.15, -0.1) is 0 Å². The van der Waals surface area contributed by atoms with Crippen LogP contribution < -0.4 is 4.90 Å². The van der Waals surface area contributed by atoms with E-state index in [0.29, 0.717) is 5.56 Å². The summed E-state index contributed by atoms with van der Waals surface area (Å²) in [5.41, 5.74) is 4.57. The quantitative estimate of drug-likeness (QED) is 0.852. The van der Waals surface area contributed by atoms with Crippen LogP contribution in [0.5, 0.6) is 0 Å². The number of fused-ring (bicyclic) bond motifs is 1. The number of anilines is 1. The van der Waals surface area contributed by atoms with Gasteiger partial charge < -0.3 is 9.80 Å². The van der Waals surface area contributed by atoms with Crippen LogP contribution in [0.25, 0.3) is 0 Å². The molecule has 0 saturated carbocycles. The summed E-state index contributed by atoms with van der Waals surface area (Å²) >= 11 is 0. The molecule has 0 N–H and O–H groups in total. The summed E-state index contributed by atoms with van der Waals surface area (Å²) in [6.45, 7) is 3.61. The van der Waals surface area contributed by atoms with Crippen molar-refractivity contribution in [2.75, 3.05) is 24.5 Å². The van der Waals surface area contributed by atoms with Gasteiger partial charge in [0.2, 0.25) is 0 Å². The number of pyridine rings is 1. The second-order valence-corrected chi connectivity index (χ2v) is 6.72. The normalized spacial score (nSPS) is 17.5. The minimum Gasteiger partial charge on any atom is -0.366 e. The van der Waals surface area contributed by atoms with Crippen molar-refractivity contribution in [3.8, 4) is 0 Å². The molecule has 0 spiro atoms. The van der Waals surface area contributed by atoms with E-state index in [9.17, 15) is 4.79 Å². The van der Waals surface area contributed by atoms with Crippen molar-refractivity contribution >= 4 is 11.6 Å². The molecule has 124 valence electrons. The SMILES string of the molecule is O=C(c1cncc(N2CCc3ccccc3C2)c1)N1CCCCC1. The number of nitrogens with zero attached hydrogens (tertiary/aromatic N) is 3. The van der Waals surface area contributed by atoms with Crippen molar-refractivity contribution in [2.24, 2.45) is 0 Å². The molecule has 4 nitrogen and oxygen atoms in total. The number of piperidine rings is 1. The Morgan fingerprint density at radius 2 is 1.75 bits per heavy atom. The molecule has 1 amide bonds. The topological polar surface area (TPSA) is 36.4 Å². The molecule has 24 heavy (non-hydrogen) atoms. The zero-order chi connectivity index (χ0) is 16.4. The summed E-state index contributed by atoms with van der Waals surface area (Å²) in [4.78, 5) is 21.3. The molecule has 2 aliphatic heterocycles. The maximum atomic E-state index is 12.7. The van der Waals surface area contributed by atoms with Gasteiger partial charge in [-0.1, -0.05) is 24.3 Å². The second-order valence-electron chi connectivity index (χ2n) is 6.72. The summed E-state index contributed by atoms with van der Waals surface area (Å²) < 4.78 is 0. The first-order chi connectivity index (χ1) is 11.8. The zero-order valence-electron chi connectivity index (χ0n) is 13.9. The van der Waals surface area contributed by atoms with Gasteiger partial charge >= 0.3 is 0 Å². The molecule has 2 aliphatic rings. The fraction of sp³-hybridized carbons (Fsp3) is 0.400. The fourth-order valence-corrected chi connectivity index (χ4v) is 3.71. The van der Waals surface area contributed by atoms with E-state index in [0.717, 1.165) is 51.1 Å². The third-order valence-electron chi connectivity index (χ3n) is 5.11. The molecule has 0 atom stereocenters. The lowest BCUT2D eigenvalue weighted by Gasteiger charge is -2.31. The van der Waals surface area contributed by atoms with Crippen LogP contribution in [0.15, 0.2) is 42.7 Å². The molecule has 3 heterocycles. The summed E-state index contributed by atoms with van der Waals surface area (Å²) in [6.07, 6.45) is 8.08. The van der Waals surface area contributed by atoms with Gasteiger partial charge in [0.05, 0.1) is 17.4 Å². The number of benzene rings is 1. The summed E-state index contributed by atoms with van der Waals surface area (Å²) in [7, 11) is 0. The number of amides is 1. The minimum atomic E-state index is 0.126. The van der Waals surface area contributed by atoms with Crippen molar-refractivity contribution < 1.29 is 4.79 Å². The van der Waals surface area contributed by atoms with Gasteiger partial charge in [0, 0.05) is 32.4 Å². The molecule has 4 heteroatoms. The average Bonchev–Trinajstić information content (AvgIpc) is 2.68. The fourth-order valence-electron chi connectivity index (χ4n) is 3.71. The van der Waals surface area contributed by atoms with E-state index in [-0.39, 0.29) is 5.91 Å². The molecule has 0 unspecified atom stereocenters. The van der Waals surface area contributed by atoms with Crippen LogP contribution >= 0.6 is 0 Å². The number of likely N-dealkylation sites (tertiary alicyclic amines) is 1. The van der Waals surface area contributed by atoms with Gasteiger partial charge in [-0.05, 0) is 42.9 Å². The number of rotatable bonds is 2. The van der Waals surface area contributed by atoms with E-state index in [1.54, 1.807) is 6.20 Å². The van der Waals surface area contributed by atoms with Crippen molar-refractivity contribution in [1.29, 1.82) is 0 Å². The molecule has 1 aromatic heterocycles. The van der Waals surface area contributed by atoms with Gasteiger partial charge in [0.1, 0.15) is 0 Å². The number of carbonyl (C=O) groups is 1. The van der Waals surface area contributed by atoms with E-state index in [1.807, 2.05) is 17.2 Å². The molecular formula is C20H23N3O. The second kappa shape index (κ2) is 6.63. The van der Waals surface area contributed by atoms with Gasteiger partial charge in [0.15, 0.2) is 0 Å². The lowest BCUT2D eigenvalue weighted by molar-refractivity contribution is 0.0724. The highest BCUT2D eigenvalue weighted by molar-refractivity contribution is 5.94. The Hall–Kier alpha value is -2.36. The molecule has 2 aromatic rings. The van der Waals surface area contributed by atoms with Crippen LogP contribution in [0.3, 0.4) is 0 Å². The van der Waals surface area contributed by atoms with E-state index < -0.39 is 0 Å². The Kier molecular flexibility index (Phi) is 4.20. The Balaban J connectivity index is 1.54. The molecule has 1 aromatic carbocycles. The highest BCUT2D eigenvalue weighted by Crippen LogP contribution is 2.25. The van der Waals surface area contributed by atoms with Crippen molar-refractivity contribution in [2.45, 2.75) is 32.2 Å². The van der Waals surface area contributed by atoms with Crippen LogP contribution in [-0.4, -0.2) is 35.4 Å². The van der Waals surface area contributed by atoms with E-state index >= 15 is 0 Å². The predicted octanol–water partition coefficient (Wildman–Crippen LogP) is 3.27. The van der Waals surface area contributed by atoms with Crippen LogP contribution in [-0.2, 0) is 13.0 Å². The van der Waals surface area contributed by atoms with Gasteiger partial charge in [0.25, 0.3) is 5.91 Å². The van der Waals surface area contributed by atoms with Crippen molar-refractivity contribution in [1.82, 2.24) is 9.88 Å². The maximum Gasteiger partial charge on any atom is 0.255 e. The van der Waals surface area contributed by atoms with Crippen LogP contribution in [0.1, 0.15) is 40.7 Å². The molecule has 0 bridgehead atoms. The third kappa shape index (κ3) is 3.01. The first kappa shape index (κ1) is 15.2. The van der Waals surface area contributed by atoms with E-state index in [1.165, 1.54) is 17.5 Å². The smallest absolute Gasteiger partial charge is 0.255 e. The largest absolute Gasteiger partial charge is 0.366 e. The Bertz CT molecular complexity index is 737. The summed E-state index contributed by atoms with van der Waals surface area (Å²) in [5, 5.41) is 0. The number of hydrogen-bond donors (Lipinski definition) is 0. The van der Waals surface area contributed by atoms with Gasteiger partial charge in [-0.25, -0.2) is 0 Å². The standard InChI is InChI=1S/C20H23N3O/c24-20(22-9-4-1-5-10-22)18-12-19(14-21-13-18)23-11-8-16-6-2-3-7-17(16)15-23/h2-3,6-7,12-14H,1,4-5,8-11,15H2. The highest BCUT2D eigenvalue weighted by Gasteiger charge is 2.21. The van der Waals surface area contributed by atoms with E-state index in [4.69, 9.17) is 0 Å². The molecule has 1 saturated heterocycles. The lowest BCUT2D eigenvalue weighted by Crippen LogP contribution is -2.36. The highest BCUT2D eigenvalue weighted by atomic mass is 16.2. The third-order valence-corrected chi connectivity index (χ3v) is 5.11. The van der Waals surface area contributed by atoms with Crippen LogP contribution in [0.2, 0.25) is 0 Å². The molecule has 0 aliphatic carbocycles. The van der Waals surface area contributed by atoms with Crippen molar-refractivity contribution in [3.05, 3.63) is 59.4 Å². The minimum absolute atomic E-state index is 0.126. The molecule has 0 radical (unpaired) electrons. The number of hydrogen-bond acceptors (Lipinski definition) is 3. The monoisotopic (exact) mass is 321 g/mol. The molecule has 4 rings (SSSR count). The lowest BCUT2D eigenvalue weighted by atomic mass is 9.99. The Morgan fingerprint density at radius 3 is 2.58 bits per heavy atom. The Morgan fingerprint density at radius 1 is 0.958 bits per heavy atom. The first-order valence-corrected chi connectivity index (χ1v) is 8.87. The van der Waals surface area contributed by atoms with Crippen LogP contribution in [0.4, 0.5) is 5.69 Å². The van der Waals surface area contributed by atoms with Gasteiger partial charge in [-0.3, -0.25) is 9.78 Å². The van der Waals surface area contributed by atoms with Gasteiger partial charge in [-0.2, -0.15) is 0 Å². The number of carbonyl (C=O) groups excluding carboxylic acids is 1. The molecule has 1 fully saturated rings. The number of aromatic nitrogens is 1. The van der Waals surface area contributed by atoms with E-state index in [2.05, 4.69) is 34.1 Å². The Labute approximate surface area is 143 Å². The summed E-state index contributed by atoms with van der Waals surface area (Å²) in [6, 6.07) is 10.6. The predicted molar refractivity (Wildman–Crippen MR) is 95.2 cm³/mol. The maximum absolute atomic E-state index is 12.7. The first-order valence-electron chi connectivity index (χ1n) is 8.87.